The third kappa shape index (κ3) is 4.04. The molecule has 0 amide bonds. The number of aliphatic hydroxyl groups excluding tert-OH is 1. The Hall–Kier alpha value is -1.42. The van der Waals surface area contributed by atoms with Gasteiger partial charge >= 0.3 is 5.97 Å². The Kier molecular flexibility index (Phi) is 6.53. The van der Waals surface area contributed by atoms with Gasteiger partial charge in [-0.1, -0.05) is 31.8 Å². The van der Waals surface area contributed by atoms with E-state index in [4.69, 9.17) is 9.84 Å². The normalized spacial score (nSPS) is 35.4. The summed E-state index contributed by atoms with van der Waals surface area (Å²) in [5.74, 6) is 1.87. The van der Waals surface area contributed by atoms with E-state index in [1.807, 2.05) is 6.08 Å². The Balaban J connectivity index is 1.63. The molecule has 5 atom stereocenters. The van der Waals surface area contributed by atoms with Crippen molar-refractivity contribution in [2.75, 3.05) is 6.61 Å². The molecule has 30 heavy (non-hydrogen) atoms. The number of hydrogen-bond acceptors (Lipinski definition) is 4. The number of ether oxygens (including phenoxy) is 1. The fraction of sp³-hybridized carbons (Fsp3) is 0.769. The van der Waals surface area contributed by atoms with Crippen LogP contribution in [0.25, 0.3) is 0 Å². The minimum Gasteiger partial charge on any atom is -0.462 e. The molecule has 0 heterocycles. The van der Waals surface area contributed by atoms with E-state index in [2.05, 4.69) is 6.92 Å². The fourth-order valence-corrected chi connectivity index (χ4v) is 7.29. The first-order valence-corrected chi connectivity index (χ1v) is 12.2. The van der Waals surface area contributed by atoms with Gasteiger partial charge in [0, 0.05) is 25.4 Å². The molecule has 0 saturated heterocycles. The summed E-state index contributed by atoms with van der Waals surface area (Å²) in [6.07, 6.45) is 14.5. The van der Waals surface area contributed by atoms with Crippen LogP contribution in [-0.4, -0.2) is 29.6 Å². The quantitative estimate of drug-likeness (QED) is 0.454. The topological polar surface area (TPSA) is 63.6 Å². The molecule has 2 fully saturated rings. The molecule has 0 aromatic carbocycles. The number of carbonyl (C=O) groups excluding carboxylic acids is 2. The van der Waals surface area contributed by atoms with Crippen molar-refractivity contribution in [3.63, 3.8) is 0 Å². The van der Waals surface area contributed by atoms with E-state index in [1.165, 1.54) is 30.4 Å². The first-order chi connectivity index (χ1) is 14.4. The Labute approximate surface area is 181 Å². The minimum atomic E-state index is -0.147. The van der Waals surface area contributed by atoms with Crippen LogP contribution in [0, 0.1) is 23.2 Å². The van der Waals surface area contributed by atoms with Crippen LogP contribution >= 0.6 is 0 Å². The second kappa shape index (κ2) is 8.98. The molecule has 4 rings (SSSR count). The highest BCUT2D eigenvalue weighted by Crippen LogP contribution is 2.63. The lowest BCUT2D eigenvalue weighted by Gasteiger charge is -2.52. The third-order valence-electron chi connectivity index (χ3n) is 8.52. The lowest BCUT2D eigenvalue weighted by atomic mass is 9.53. The van der Waals surface area contributed by atoms with Gasteiger partial charge in [-0.2, -0.15) is 0 Å². The van der Waals surface area contributed by atoms with Gasteiger partial charge in [0.1, 0.15) is 6.10 Å². The van der Waals surface area contributed by atoms with Crippen LogP contribution in [0.4, 0.5) is 0 Å². The molecule has 0 bridgehead atoms. The van der Waals surface area contributed by atoms with E-state index < -0.39 is 0 Å². The maximum absolute atomic E-state index is 12.0. The summed E-state index contributed by atoms with van der Waals surface area (Å²) in [5, 5.41) is 9.07. The van der Waals surface area contributed by atoms with Gasteiger partial charge in [-0.05, 0) is 86.3 Å². The van der Waals surface area contributed by atoms with Crippen LogP contribution in [0.2, 0.25) is 0 Å². The van der Waals surface area contributed by atoms with Crippen molar-refractivity contribution in [1.82, 2.24) is 0 Å². The zero-order valence-electron chi connectivity index (χ0n) is 18.8. The van der Waals surface area contributed by atoms with Gasteiger partial charge in [0.05, 0.1) is 0 Å². The van der Waals surface area contributed by atoms with Crippen molar-refractivity contribution in [3.05, 3.63) is 22.8 Å². The van der Waals surface area contributed by atoms with Crippen molar-refractivity contribution in [1.29, 1.82) is 0 Å². The van der Waals surface area contributed by atoms with Gasteiger partial charge in [-0.3, -0.25) is 9.59 Å². The van der Waals surface area contributed by atoms with Crippen molar-refractivity contribution in [2.45, 2.75) is 97.0 Å². The highest BCUT2D eigenvalue weighted by molar-refractivity contribution is 5.93. The first-order valence-electron chi connectivity index (χ1n) is 12.2. The number of allylic oxidation sites excluding steroid dienone is 4. The third-order valence-corrected chi connectivity index (χ3v) is 8.52. The van der Waals surface area contributed by atoms with Gasteiger partial charge in [-0.25, -0.2) is 0 Å². The van der Waals surface area contributed by atoms with E-state index in [1.54, 1.807) is 12.5 Å². The maximum Gasteiger partial charge on any atom is 0.302 e. The Morgan fingerprint density at radius 2 is 1.93 bits per heavy atom. The van der Waals surface area contributed by atoms with E-state index >= 15 is 0 Å². The number of hydrogen-bond donors (Lipinski definition) is 1. The Morgan fingerprint density at radius 3 is 2.70 bits per heavy atom. The Bertz CT molecular complexity index is 748. The van der Waals surface area contributed by atoms with E-state index in [-0.39, 0.29) is 24.1 Å². The summed E-state index contributed by atoms with van der Waals surface area (Å²) in [6.45, 7) is 4.21. The molecule has 166 valence electrons. The fourth-order valence-electron chi connectivity index (χ4n) is 7.29. The molecule has 0 aromatic rings. The molecule has 2 saturated carbocycles. The average Bonchev–Trinajstić information content (AvgIpc) is 3.02. The molecule has 0 aromatic heterocycles. The standard InChI is InChI=1S/C26H38O4/c1-17(28)30-24-13-12-23-22-10-8-18-15-20(29)9-11-21(18)25(22)19(16-26(23,24)2)7-5-3-4-6-14-27/h15,19,22-24,27H,3-14,16H2,1-2H3/t19-,22-,23-,24-,26-/m0/s1. The molecule has 4 heteroatoms. The van der Waals surface area contributed by atoms with Crippen molar-refractivity contribution < 1.29 is 19.4 Å². The summed E-state index contributed by atoms with van der Waals surface area (Å²) in [4.78, 5) is 23.8. The summed E-state index contributed by atoms with van der Waals surface area (Å²) in [7, 11) is 0. The number of aliphatic hydroxyl groups is 1. The average molecular weight is 415 g/mol. The van der Waals surface area contributed by atoms with E-state index in [0.29, 0.717) is 30.0 Å². The number of rotatable bonds is 7. The smallest absolute Gasteiger partial charge is 0.302 e. The number of unbranched alkanes of at least 4 members (excludes halogenated alkanes) is 3. The molecule has 0 radical (unpaired) electrons. The summed E-state index contributed by atoms with van der Waals surface area (Å²) < 4.78 is 5.85. The van der Waals surface area contributed by atoms with Crippen LogP contribution < -0.4 is 0 Å². The monoisotopic (exact) mass is 414 g/mol. The maximum atomic E-state index is 12.0. The summed E-state index contributed by atoms with van der Waals surface area (Å²) in [6, 6.07) is 0. The van der Waals surface area contributed by atoms with Crippen LogP contribution in [0.15, 0.2) is 22.8 Å². The van der Waals surface area contributed by atoms with Gasteiger partial charge < -0.3 is 9.84 Å². The lowest BCUT2D eigenvalue weighted by molar-refractivity contribution is -0.154. The molecular formula is C26H38O4. The van der Waals surface area contributed by atoms with Crippen LogP contribution in [0.3, 0.4) is 0 Å². The molecule has 4 aliphatic carbocycles. The molecule has 4 nitrogen and oxygen atoms in total. The molecule has 0 unspecified atom stereocenters. The highest BCUT2D eigenvalue weighted by atomic mass is 16.5. The molecule has 0 aliphatic heterocycles. The van der Waals surface area contributed by atoms with Gasteiger partial charge in [0.25, 0.3) is 0 Å². The summed E-state index contributed by atoms with van der Waals surface area (Å²) in [5.41, 5.74) is 4.58. The molecule has 1 N–H and O–H groups in total. The lowest BCUT2D eigenvalue weighted by Crippen LogP contribution is -2.46. The van der Waals surface area contributed by atoms with Gasteiger partial charge in [0.2, 0.25) is 0 Å². The number of ketones is 1. The van der Waals surface area contributed by atoms with Crippen molar-refractivity contribution >= 4 is 11.8 Å². The largest absolute Gasteiger partial charge is 0.462 e. The van der Waals surface area contributed by atoms with Crippen LogP contribution in [0.1, 0.15) is 90.9 Å². The van der Waals surface area contributed by atoms with Crippen molar-refractivity contribution in [2.24, 2.45) is 23.2 Å². The highest BCUT2D eigenvalue weighted by Gasteiger charge is 2.57. The predicted octanol–water partition coefficient (Wildman–Crippen LogP) is 5.29. The van der Waals surface area contributed by atoms with Gasteiger partial charge in [0.15, 0.2) is 5.78 Å². The SMILES string of the molecule is CC(=O)O[C@H]1CC[C@H]2[C@@H]3CCC4=CC(=O)CCC4=C3[C@@H](CCCCCCO)C[C@]12C. The first kappa shape index (κ1) is 21.8. The Morgan fingerprint density at radius 1 is 1.13 bits per heavy atom. The van der Waals surface area contributed by atoms with Crippen molar-refractivity contribution in [3.8, 4) is 0 Å². The predicted molar refractivity (Wildman–Crippen MR) is 117 cm³/mol. The molecule has 4 aliphatic rings. The van der Waals surface area contributed by atoms with E-state index in [0.717, 1.165) is 51.4 Å². The van der Waals surface area contributed by atoms with Crippen LogP contribution in [-0.2, 0) is 14.3 Å². The second-order valence-electron chi connectivity index (χ2n) is 10.3. The summed E-state index contributed by atoms with van der Waals surface area (Å²) >= 11 is 0. The van der Waals surface area contributed by atoms with Gasteiger partial charge in [-0.15, -0.1) is 0 Å². The zero-order valence-corrected chi connectivity index (χ0v) is 18.8. The molecule has 0 spiro atoms. The van der Waals surface area contributed by atoms with Crippen LogP contribution in [0.5, 0.6) is 0 Å². The number of fused-ring (bicyclic) bond motifs is 4. The van der Waals surface area contributed by atoms with E-state index in [9.17, 15) is 9.59 Å². The zero-order chi connectivity index (χ0) is 21.3. The minimum absolute atomic E-state index is 0.0494. The second-order valence-corrected chi connectivity index (χ2v) is 10.3. The number of carbonyl (C=O) groups is 2. The molecular weight excluding hydrogens is 376 g/mol. The number of esters is 1.